The first-order valence-corrected chi connectivity index (χ1v) is 8.62. The molecular weight excluding hydrogens is 286 g/mol. The molecule has 6 heteroatoms. The molecule has 21 heavy (non-hydrogen) atoms. The Morgan fingerprint density at radius 3 is 2.95 bits per heavy atom. The second kappa shape index (κ2) is 6.75. The van der Waals surface area contributed by atoms with Crippen LogP contribution in [0, 0.1) is 0 Å². The molecule has 5 nitrogen and oxygen atoms in total. The Labute approximate surface area is 129 Å². The molecule has 0 atom stereocenters. The summed E-state index contributed by atoms with van der Waals surface area (Å²) in [5.74, 6) is 1.20. The summed E-state index contributed by atoms with van der Waals surface area (Å²) in [5, 5.41) is 3.99. The van der Waals surface area contributed by atoms with Crippen LogP contribution >= 0.6 is 11.8 Å². The van der Waals surface area contributed by atoms with Gasteiger partial charge >= 0.3 is 5.97 Å². The second-order valence-electron chi connectivity index (χ2n) is 5.55. The lowest BCUT2D eigenvalue weighted by Crippen LogP contribution is -2.28. The normalized spacial score (nSPS) is 18.5. The molecular formula is C15H21N3O2S. The van der Waals surface area contributed by atoms with Crippen molar-refractivity contribution in [2.24, 2.45) is 0 Å². The maximum Gasteiger partial charge on any atom is 0.357 e. The third-order valence-corrected chi connectivity index (χ3v) is 5.48. The lowest BCUT2D eigenvalue weighted by Gasteiger charge is -2.19. The first kappa shape index (κ1) is 14.8. The summed E-state index contributed by atoms with van der Waals surface area (Å²) in [4.78, 5) is 21.1. The van der Waals surface area contributed by atoms with Crippen molar-refractivity contribution in [1.29, 1.82) is 0 Å². The molecule has 1 aromatic rings. The van der Waals surface area contributed by atoms with Gasteiger partial charge in [-0.05, 0) is 12.8 Å². The van der Waals surface area contributed by atoms with Gasteiger partial charge in [-0.1, -0.05) is 12.8 Å². The number of rotatable bonds is 4. The summed E-state index contributed by atoms with van der Waals surface area (Å²) in [7, 11) is 1.40. The summed E-state index contributed by atoms with van der Waals surface area (Å²) < 4.78 is 4.87. The fourth-order valence-electron chi connectivity index (χ4n) is 2.97. The van der Waals surface area contributed by atoms with Crippen LogP contribution in [0.1, 0.15) is 53.3 Å². The van der Waals surface area contributed by atoms with E-state index in [1.165, 1.54) is 32.8 Å². The van der Waals surface area contributed by atoms with Crippen molar-refractivity contribution in [3.63, 3.8) is 0 Å². The van der Waals surface area contributed by atoms with Crippen LogP contribution in [0.3, 0.4) is 0 Å². The number of nitrogens with zero attached hydrogens (tertiary/aromatic N) is 2. The zero-order valence-corrected chi connectivity index (χ0v) is 13.2. The third-order valence-electron chi connectivity index (χ3n) is 4.11. The number of thioether (sulfide) groups is 1. The minimum Gasteiger partial charge on any atom is -0.464 e. The Morgan fingerprint density at radius 1 is 1.38 bits per heavy atom. The van der Waals surface area contributed by atoms with E-state index in [9.17, 15) is 4.79 Å². The van der Waals surface area contributed by atoms with Crippen LogP contribution in [0.15, 0.2) is 0 Å². The average Bonchev–Trinajstić information content (AvgIpc) is 3.04. The van der Waals surface area contributed by atoms with Gasteiger partial charge in [0.15, 0.2) is 5.69 Å². The third kappa shape index (κ3) is 3.37. The maximum absolute atomic E-state index is 12.0. The van der Waals surface area contributed by atoms with Crippen molar-refractivity contribution >= 4 is 17.7 Å². The number of hydrogen-bond donors (Lipinski definition) is 1. The number of nitrogens with one attached hydrogen (secondary N) is 1. The number of hydrogen-bond acceptors (Lipinski definition) is 6. The van der Waals surface area contributed by atoms with Gasteiger partial charge in [0.25, 0.3) is 0 Å². The van der Waals surface area contributed by atoms with Crippen LogP contribution in [0.5, 0.6) is 0 Å². The maximum atomic E-state index is 12.0. The number of esters is 1. The van der Waals surface area contributed by atoms with Crippen LogP contribution in [0.25, 0.3) is 0 Å². The molecule has 2 aliphatic rings. The van der Waals surface area contributed by atoms with Crippen LogP contribution < -0.4 is 5.32 Å². The van der Waals surface area contributed by atoms with Crippen molar-refractivity contribution in [2.45, 2.75) is 49.7 Å². The second-order valence-corrected chi connectivity index (χ2v) is 6.84. The van der Waals surface area contributed by atoms with Crippen molar-refractivity contribution in [2.75, 3.05) is 13.7 Å². The van der Waals surface area contributed by atoms with Gasteiger partial charge in [0.05, 0.1) is 18.6 Å². The minimum atomic E-state index is -0.357. The van der Waals surface area contributed by atoms with Crippen LogP contribution in [-0.4, -0.2) is 34.8 Å². The fraction of sp³-hybridized carbons (Fsp3) is 0.667. The highest BCUT2D eigenvalue weighted by Crippen LogP contribution is 2.31. The molecule has 2 heterocycles. The van der Waals surface area contributed by atoms with E-state index in [0.29, 0.717) is 12.2 Å². The molecule has 1 fully saturated rings. The highest BCUT2D eigenvalue weighted by molar-refractivity contribution is 7.99. The number of carbonyl (C=O) groups is 1. The smallest absolute Gasteiger partial charge is 0.357 e. The SMILES string of the molecule is COC(=O)c1nc(CSC2CCCC2)nc2c1CNCC2. The number of aromatic nitrogens is 2. The molecule has 1 aromatic heterocycles. The molecule has 0 saturated heterocycles. The van der Waals surface area contributed by atoms with Crippen molar-refractivity contribution < 1.29 is 9.53 Å². The Bertz CT molecular complexity index is 530. The highest BCUT2D eigenvalue weighted by atomic mass is 32.2. The van der Waals surface area contributed by atoms with E-state index in [1.807, 2.05) is 11.8 Å². The molecule has 114 valence electrons. The Balaban J connectivity index is 1.81. The standard InChI is InChI=1S/C15H21N3O2S/c1-20-15(19)14-11-8-16-7-6-12(11)17-13(18-14)9-21-10-4-2-3-5-10/h10,16H,2-9H2,1H3. The van der Waals surface area contributed by atoms with E-state index in [4.69, 9.17) is 4.74 Å². The van der Waals surface area contributed by atoms with E-state index in [0.717, 1.165) is 41.1 Å². The van der Waals surface area contributed by atoms with Gasteiger partial charge in [0.2, 0.25) is 0 Å². The Hall–Kier alpha value is -1.14. The molecule has 3 rings (SSSR count). The number of methoxy groups -OCH3 is 1. The molecule has 1 N–H and O–H groups in total. The van der Waals surface area contributed by atoms with Crippen molar-refractivity contribution in [1.82, 2.24) is 15.3 Å². The van der Waals surface area contributed by atoms with E-state index in [1.54, 1.807) is 0 Å². The predicted octanol–water partition coefficient (Wildman–Crippen LogP) is 2.08. The molecule has 1 aliphatic heterocycles. The van der Waals surface area contributed by atoms with Crippen LogP contribution in [-0.2, 0) is 23.5 Å². The van der Waals surface area contributed by atoms with Gasteiger partial charge in [-0.15, -0.1) is 0 Å². The fourth-order valence-corrected chi connectivity index (χ4v) is 4.15. The molecule has 0 radical (unpaired) electrons. The molecule has 0 amide bonds. The Kier molecular flexibility index (Phi) is 4.75. The lowest BCUT2D eigenvalue weighted by molar-refractivity contribution is 0.0591. The number of fused-ring (bicyclic) bond motifs is 1. The van der Waals surface area contributed by atoms with E-state index in [2.05, 4.69) is 15.3 Å². The largest absolute Gasteiger partial charge is 0.464 e. The topological polar surface area (TPSA) is 64.1 Å². The minimum absolute atomic E-state index is 0.357. The molecule has 1 aliphatic carbocycles. The summed E-state index contributed by atoms with van der Waals surface area (Å²) in [6.07, 6.45) is 6.11. The molecule has 0 bridgehead atoms. The molecule has 0 spiro atoms. The molecule has 0 aromatic carbocycles. The summed E-state index contributed by atoms with van der Waals surface area (Å²) in [6.45, 7) is 1.55. The van der Waals surface area contributed by atoms with Gasteiger partial charge < -0.3 is 10.1 Å². The summed E-state index contributed by atoms with van der Waals surface area (Å²) >= 11 is 1.92. The lowest BCUT2D eigenvalue weighted by atomic mass is 10.1. The van der Waals surface area contributed by atoms with Gasteiger partial charge in [0.1, 0.15) is 5.82 Å². The van der Waals surface area contributed by atoms with Gasteiger partial charge in [-0.25, -0.2) is 14.8 Å². The van der Waals surface area contributed by atoms with Gasteiger partial charge in [-0.3, -0.25) is 0 Å². The first-order chi connectivity index (χ1) is 10.3. The average molecular weight is 307 g/mol. The number of ether oxygens (including phenoxy) is 1. The molecule has 0 unspecified atom stereocenters. The molecule has 1 saturated carbocycles. The quantitative estimate of drug-likeness (QED) is 0.859. The van der Waals surface area contributed by atoms with E-state index >= 15 is 0 Å². The zero-order chi connectivity index (χ0) is 14.7. The van der Waals surface area contributed by atoms with Gasteiger partial charge in [0, 0.05) is 30.3 Å². The summed E-state index contributed by atoms with van der Waals surface area (Å²) in [5.41, 5.74) is 2.35. The monoisotopic (exact) mass is 307 g/mol. The van der Waals surface area contributed by atoms with E-state index in [-0.39, 0.29) is 5.97 Å². The van der Waals surface area contributed by atoms with E-state index < -0.39 is 0 Å². The summed E-state index contributed by atoms with van der Waals surface area (Å²) in [6, 6.07) is 0. The first-order valence-electron chi connectivity index (χ1n) is 7.57. The van der Waals surface area contributed by atoms with Crippen LogP contribution in [0.4, 0.5) is 0 Å². The van der Waals surface area contributed by atoms with Crippen molar-refractivity contribution in [3.05, 3.63) is 22.8 Å². The predicted molar refractivity (Wildman–Crippen MR) is 82.3 cm³/mol. The van der Waals surface area contributed by atoms with Crippen molar-refractivity contribution in [3.8, 4) is 0 Å². The van der Waals surface area contributed by atoms with Gasteiger partial charge in [-0.2, -0.15) is 11.8 Å². The Morgan fingerprint density at radius 2 is 2.19 bits per heavy atom. The highest BCUT2D eigenvalue weighted by Gasteiger charge is 2.23. The van der Waals surface area contributed by atoms with Crippen LogP contribution in [0.2, 0.25) is 0 Å². The number of carbonyl (C=O) groups excluding carboxylic acids is 1. The zero-order valence-electron chi connectivity index (χ0n) is 12.4.